The topological polar surface area (TPSA) is 21.3 Å². The second kappa shape index (κ2) is 1.96. The third-order valence-corrected chi connectivity index (χ3v) is 2.33. The zero-order chi connectivity index (χ0) is 6.16. The van der Waals surface area contributed by atoms with Crippen LogP contribution in [0.4, 0.5) is 0 Å². The van der Waals surface area contributed by atoms with Gasteiger partial charge in [-0.2, -0.15) is 0 Å². The average Bonchev–Trinajstić information content (AvgIpc) is 1.87. The molecule has 0 bridgehead atoms. The lowest BCUT2D eigenvalue weighted by Gasteiger charge is -2.44. The van der Waals surface area contributed by atoms with Crippen LogP contribution in [0.1, 0.15) is 19.3 Å². The van der Waals surface area contributed by atoms with Gasteiger partial charge in [-0.1, -0.05) is 0 Å². The van der Waals surface area contributed by atoms with E-state index in [0.29, 0.717) is 0 Å². The molecule has 1 spiro atoms. The van der Waals surface area contributed by atoms with E-state index in [4.69, 9.17) is 4.74 Å². The summed E-state index contributed by atoms with van der Waals surface area (Å²) in [5.74, 6) is 0. The van der Waals surface area contributed by atoms with E-state index in [1.54, 1.807) is 0 Å². The molecule has 52 valence electrons. The van der Waals surface area contributed by atoms with Crippen LogP contribution in [0.3, 0.4) is 0 Å². The van der Waals surface area contributed by atoms with E-state index in [9.17, 15) is 0 Å². The molecule has 2 heterocycles. The summed E-state index contributed by atoms with van der Waals surface area (Å²) in [4.78, 5) is 0. The minimum Gasteiger partial charge on any atom is -0.372 e. The van der Waals surface area contributed by atoms with E-state index < -0.39 is 0 Å². The summed E-state index contributed by atoms with van der Waals surface area (Å²) in [6, 6.07) is 0. The number of rotatable bonds is 0. The monoisotopic (exact) mass is 127 g/mol. The zero-order valence-electron chi connectivity index (χ0n) is 5.65. The molecule has 0 amide bonds. The lowest BCUT2D eigenvalue weighted by atomic mass is 9.88. The predicted octanol–water partition coefficient (Wildman–Crippen LogP) is 0.529. The SMILES string of the molecule is C1CCC2(CNC2)OC1. The summed E-state index contributed by atoms with van der Waals surface area (Å²) in [5, 5.41) is 3.25. The van der Waals surface area contributed by atoms with Gasteiger partial charge in [-0.15, -0.1) is 0 Å². The molecule has 0 radical (unpaired) electrons. The maximum absolute atomic E-state index is 5.64. The number of ether oxygens (including phenoxy) is 1. The van der Waals surface area contributed by atoms with Crippen molar-refractivity contribution in [3.63, 3.8) is 0 Å². The average molecular weight is 127 g/mol. The molecule has 2 aliphatic heterocycles. The largest absolute Gasteiger partial charge is 0.372 e. The Balaban J connectivity index is 1.93. The molecule has 2 fully saturated rings. The van der Waals surface area contributed by atoms with Gasteiger partial charge in [-0.3, -0.25) is 0 Å². The highest BCUT2D eigenvalue weighted by Crippen LogP contribution is 2.27. The van der Waals surface area contributed by atoms with Gasteiger partial charge in [0.2, 0.25) is 0 Å². The van der Waals surface area contributed by atoms with Gasteiger partial charge < -0.3 is 10.1 Å². The standard InChI is InChI=1S/C7H13NO/c1-2-4-9-7(3-1)5-8-6-7/h8H,1-6H2. The molecule has 2 aliphatic rings. The van der Waals surface area contributed by atoms with Crippen LogP contribution in [0.2, 0.25) is 0 Å². The lowest BCUT2D eigenvalue weighted by molar-refractivity contribution is -0.109. The van der Waals surface area contributed by atoms with Crippen LogP contribution in [0.5, 0.6) is 0 Å². The summed E-state index contributed by atoms with van der Waals surface area (Å²) >= 11 is 0. The Morgan fingerprint density at radius 3 is 2.44 bits per heavy atom. The van der Waals surface area contributed by atoms with Crippen LogP contribution in [0, 0.1) is 0 Å². The Bertz CT molecular complexity index is 101. The molecule has 0 aromatic rings. The number of hydrogen-bond acceptors (Lipinski definition) is 2. The maximum Gasteiger partial charge on any atom is 0.0929 e. The van der Waals surface area contributed by atoms with E-state index in [2.05, 4.69) is 5.32 Å². The van der Waals surface area contributed by atoms with Crippen LogP contribution in [-0.2, 0) is 4.74 Å². The Labute approximate surface area is 55.6 Å². The quantitative estimate of drug-likeness (QED) is 0.512. The molecule has 0 aliphatic carbocycles. The normalized spacial score (nSPS) is 32.0. The van der Waals surface area contributed by atoms with Crippen LogP contribution < -0.4 is 5.32 Å². The molecule has 1 N–H and O–H groups in total. The smallest absolute Gasteiger partial charge is 0.0929 e. The van der Waals surface area contributed by atoms with Crippen LogP contribution in [-0.4, -0.2) is 25.3 Å². The number of hydrogen-bond donors (Lipinski definition) is 1. The van der Waals surface area contributed by atoms with Gasteiger partial charge in [-0.25, -0.2) is 0 Å². The zero-order valence-corrected chi connectivity index (χ0v) is 5.65. The molecule has 0 atom stereocenters. The molecule has 2 saturated heterocycles. The molecule has 0 unspecified atom stereocenters. The van der Waals surface area contributed by atoms with Crippen LogP contribution >= 0.6 is 0 Å². The first-order chi connectivity index (χ1) is 4.41. The second-order valence-corrected chi connectivity index (χ2v) is 3.09. The highest BCUT2D eigenvalue weighted by Gasteiger charge is 2.38. The Kier molecular flexibility index (Phi) is 1.24. The fraction of sp³-hybridized carbons (Fsp3) is 1.00. The van der Waals surface area contributed by atoms with Crippen molar-refractivity contribution in [3.8, 4) is 0 Å². The first kappa shape index (κ1) is 5.69. The van der Waals surface area contributed by atoms with Crippen molar-refractivity contribution in [2.45, 2.75) is 24.9 Å². The van der Waals surface area contributed by atoms with Crippen molar-refractivity contribution < 1.29 is 4.74 Å². The van der Waals surface area contributed by atoms with E-state index in [0.717, 1.165) is 19.7 Å². The molecule has 0 saturated carbocycles. The van der Waals surface area contributed by atoms with Gasteiger partial charge in [0.05, 0.1) is 5.60 Å². The Hall–Kier alpha value is -0.0800. The highest BCUT2D eigenvalue weighted by atomic mass is 16.5. The van der Waals surface area contributed by atoms with E-state index in [1.807, 2.05) is 0 Å². The van der Waals surface area contributed by atoms with Crippen molar-refractivity contribution in [3.05, 3.63) is 0 Å². The minimum absolute atomic E-state index is 0.290. The van der Waals surface area contributed by atoms with Gasteiger partial charge in [0.1, 0.15) is 0 Å². The first-order valence-corrected chi connectivity index (χ1v) is 3.76. The third kappa shape index (κ3) is 0.864. The summed E-state index contributed by atoms with van der Waals surface area (Å²) in [7, 11) is 0. The fourth-order valence-electron chi connectivity index (χ4n) is 1.59. The molecular formula is C7H13NO. The molecule has 2 rings (SSSR count). The molecule has 9 heavy (non-hydrogen) atoms. The fourth-order valence-corrected chi connectivity index (χ4v) is 1.59. The van der Waals surface area contributed by atoms with Gasteiger partial charge in [0.25, 0.3) is 0 Å². The minimum atomic E-state index is 0.290. The van der Waals surface area contributed by atoms with Crippen molar-refractivity contribution in [1.29, 1.82) is 0 Å². The van der Waals surface area contributed by atoms with Crippen LogP contribution in [0.15, 0.2) is 0 Å². The van der Waals surface area contributed by atoms with Crippen molar-refractivity contribution in [1.82, 2.24) is 5.32 Å². The van der Waals surface area contributed by atoms with Gasteiger partial charge >= 0.3 is 0 Å². The van der Waals surface area contributed by atoms with E-state index in [-0.39, 0.29) is 5.60 Å². The summed E-state index contributed by atoms with van der Waals surface area (Å²) in [5.41, 5.74) is 0.290. The van der Waals surface area contributed by atoms with Crippen molar-refractivity contribution in [2.24, 2.45) is 0 Å². The predicted molar refractivity (Wildman–Crippen MR) is 35.4 cm³/mol. The Morgan fingerprint density at radius 2 is 2.11 bits per heavy atom. The molecule has 2 nitrogen and oxygen atoms in total. The second-order valence-electron chi connectivity index (χ2n) is 3.09. The summed E-state index contributed by atoms with van der Waals surface area (Å²) in [6.07, 6.45) is 3.91. The number of nitrogens with one attached hydrogen (secondary N) is 1. The Morgan fingerprint density at radius 1 is 1.22 bits per heavy atom. The molecule has 2 heteroatoms. The van der Waals surface area contributed by atoms with Crippen molar-refractivity contribution in [2.75, 3.05) is 19.7 Å². The van der Waals surface area contributed by atoms with Crippen molar-refractivity contribution >= 4 is 0 Å². The first-order valence-electron chi connectivity index (χ1n) is 3.76. The third-order valence-electron chi connectivity index (χ3n) is 2.33. The maximum atomic E-state index is 5.64. The van der Waals surface area contributed by atoms with E-state index in [1.165, 1.54) is 19.3 Å². The molecule has 0 aromatic heterocycles. The summed E-state index contributed by atoms with van der Waals surface area (Å²) < 4.78 is 5.64. The highest BCUT2D eigenvalue weighted by molar-refractivity contribution is 4.95. The lowest BCUT2D eigenvalue weighted by Crippen LogP contribution is -2.62. The van der Waals surface area contributed by atoms with Crippen LogP contribution in [0.25, 0.3) is 0 Å². The summed E-state index contributed by atoms with van der Waals surface area (Å²) in [6.45, 7) is 3.17. The molecular weight excluding hydrogens is 114 g/mol. The van der Waals surface area contributed by atoms with Gasteiger partial charge in [0.15, 0.2) is 0 Å². The van der Waals surface area contributed by atoms with Gasteiger partial charge in [0, 0.05) is 19.7 Å². The molecule has 0 aromatic carbocycles. The van der Waals surface area contributed by atoms with Gasteiger partial charge in [-0.05, 0) is 19.3 Å². The van der Waals surface area contributed by atoms with E-state index >= 15 is 0 Å².